The van der Waals surface area contributed by atoms with Gasteiger partial charge in [0.25, 0.3) is 0 Å². The van der Waals surface area contributed by atoms with Gasteiger partial charge in [-0.05, 0) is 45.1 Å². The molecule has 0 bridgehead atoms. The third-order valence-electron chi connectivity index (χ3n) is 4.28. The molecule has 1 rings (SSSR count). The van der Waals surface area contributed by atoms with Crippen molar-refractivity contribution in [2.24, 2.45) is 5.92 Å². The summed E-state index contributed by atoms with van der Waals surface area (Å²) in [5.41, 5.74) is 0.0123. The molecule has 0 radical (unpaired) electrons. The highest BCUT2D eigenvalue weighted by Crippen LogP contribution is 2.39. The van der Waals surface area contributed by atoms with Crippen LogP contribution in [0.5, 0.6) is 0 Å². The third kappa shape index (κ3) is 4.82. The van der Waals surface area contributed by atoms with Crippen LogP contribution in [-0.4, -0.2) is 24.8 Å². The van der Waals surface area contributed by atoms with E-state index in [1.807, 2.05) is 0 Å². The molecule has 3 unspecified atom stereocenters. The van der Waals surface area contributed by atoms with E-state index in [2.05, 4.69) is 32.0 Å². The molecule has 2 nitrogen and oxygen atoms in total. The lowest BCUT2D eigenvalue weighted by Crippen LogP contribution is -2.55. The Hall–Kier alpha value is -0.520. The van der Waals surface area contributed by atoms with Crippen LogP contribution in [0.1, 0.15) is 65.7 Å². The van der Waals surface area contributed by atoms with Gasteiger partial charge in [0.15, 0.2) is 0 Å². The average Bonchev–Trinajstić information content (AvgIpc) is 2.39. The molecule has 0 spiro atoms. The summed E-state index contributed by atoms with van der Waals surface area (Å²) >= 11 is 0. The number of hydrogen-bond donors (Lipinski definition) is 1. The number of nitrogens with one attached hydrogen (secondary N) is 1. The van der Waals surface area contributed by atoms with Gasteiger partial charge >= 0.3 is 0 Å². The van der Waals surface area contributed by atoms with E-state index >= 15 is 0 Å². The van der Waals surface area contributed by atoms with E-state index in [4.69, 9.17) is 11.2 Å². The lowest BCUT2D eigenvalue weighted by molar-refractivity contribution is -0.101. The largest absolute Gasteiger partial charge is 0.374 e. The molecule has 110 valence electrons. The molecular formula is C17H31NO. The molecule has 0 saturated heterocycles. The first-order valence-electron chi connectivity index (χ1n) is 7.99. The van der Waals surface area contributed by atoms with E-state index in [1.165, 1.54) is 25.7 Å². The predicted octanol–water partition coefficient (Wildman–Crippen LogP) is 3.75. The SMILES string of the molecule is C#CCCC(NCCC)C1(OCC)CCCC(C)C1. The molecule has 3 atom stereocenters. The van der Waals surface area contributed by atoms with Gasteiger partial charge in [-0.3, -0.25) is 0 Å². The van der Waals surface area contributed by atoms with Crippen LogP contribution in [0.15, 0.2) is 0 Å². The molecular weight excluding hydrogens is 234 g/mol. The molecule has 2 heteroatoms. The zero-order valence-corrected chi connectivity index (χ0v) is 13.0. The Morgan fingerprint density at radius 2 is 2.26 bits per heavy atom. The Kier molecular flexibility index (Phi) is 7.49. The Labute approximate surface area is 119 Å². The van der Waals surface area contributed by atoms with Gasteiger partial charge in [-0.1, -0.05) is 26.7 Å². The quantitative estimate of drug-likeness (QED) is 0.675. The van der Waals surface area contributed by atoms with Crippen molar-refractivity contribution in [1.82, 2.24) is 5.32 Å². The molecule has 0 amide bonds. The summed E-state index contributed by atoms with van der Waals surface area (Å²) in [5, 5.41) is 3.70. The average molecular weight is 265 g/mol. The van der Waals surface area contributed by atoms with E-state index < -0.39 is 0 Å². The number of hydrogen-bond acceptors (Lipinski definition) is 2. The summed E-state index contributed by atoms with van der Waals surface area (Å²) in [5.74, 6) is 3.55. The molecule has 0 heterocycles. The summed E-state index contributed by atoms with van der Waals surface area (Å²) in [6.45, 7) is 8.53. The highest BCUT2D eigenvalue weighted by Gasteiger charge is 2.41. The monoisotopic (exact) mass is 265 g/mol. The Morgan fingerprint density at radius 3 is 2.84 bits per heavy atom. The van der Waals surface area contributed by atoms with Gasteiger partial charge in [0, 0.05) is 19.1 Å². The van der Waals surface area contributed by atoms with Gasteiger partial charge < -0.3 is 10.1 Å². The van der Waals surface area contributed by atoms with Crippen LogP contribution in [-0.2, 0) is 4.74 Å². The molecule has 0 aromatic heterocycles. The van der Waals surface area contributed by atoms with Crippen molar-refractivity contribution in [3.63, 3.8) is 0 Å². The minimum absolute atomic E-state index is 0.0123. The zero-order chi connectivity index (χ0) is 14.1. The van der Waals surface area contributed by atoms with Crippen LogP contribution in [0.2, 0.25) is 0 Å². The molecule has 1 fully saturated rings. The van der Waals surface area contributed by atoms with Crippen molar-refractivity contribution < 1.29 is 4.74 Å². The molecule has 0 aromatic carbocycles. The van der Waals surface area contributed by atoms with Crippen molar-refractivity contribution in [3.05, 3.63) is 0 Å². The Bertz CT molecular complexity index is 279. The summed E-state index contributed by atoms with van der Waals surface area (Å²) in [7, 11) is 0. The highest BCUT2D eigenvalue weighted by atomic mass is 16.5. The van der Waals surface area contributed by atoms with Gasteiger partial charge in [0.05, 0.1) is 5.60 Å². The molecule has 1 saturated carbocycles. The minimum Gasteiger partial charge on any atom is -0.374 e. The first-order chi connectivity index (χ1) is 9.18. The van der Waals surface area contributed by atoms with E-state index in [0.29, 0.717) is 6.04 Å². The zero-order valence-electron chi connectivity index (χ0n) is 13.0. The van der Waals surface area contributed by atoms with Crippen LogP contribution in [0.25, 0.3) is 0 Å². The molecule has 0 aliphatic heterocycles. The summed E-state index contributed by atoms with van der Waals surface area (Å²) in [4.78, 5) is 0. The second-order valence-electron chi connectivity index (χ2n) is 5.95. The fraction of sp³-hybridized carbons (Fsp3) is 0.882. The van der Waals surface area contributed by atoms with E-state index in [9.17, 15) is 0 Å². The van der Waals surface area contributed by atoms with Crippen molar-refractivity contribution in [2.75, 3.05) is 13.2 Å². The van der Waals surface area contributed by atoms with E-state index in [-0.39, 0.29) is 5.60 Å². The maximum absolute atomic E-state index is 6.27. The fourth-order valence-corrected chi connectivity index (χ4v) is 3.48. The number of rotatable bonds is 8. The van der Waals surface area contributed by atoms with E-state index in [1.54, 1.807) is 0 Å². The van der Waals surface area contributed by atoms with Gasteiger partial charge in [0.2, 0.25) is 0 Å². The third-order valence-corrected chi connectivity index (χ3v) is 4.28. The van der Waals surface area contributed by atoms with Crippen LogP contribution in [0, 0.1) is 18.3 Å². The summed E-state index contributed by atoms with van der Waals surface area (Å²) < 4.78 is 6.27. The molecule has 1 N–H and O–H groups in total. The van der Waals surface area contributed by atoms with Crippen molar-refractivity contribution >= 4 is 0 Å². The molecule has 19 heavy (non-hydrogen) atoms. The second kappa shape index (κ2) is 8.61. The molecule has 0 aromatic rings. The lowest BCUT2D eigenvalue weighted by atomic mass is 9.73. The molecule has 1 aliphatic rings. The van der Waals surface area contributed by atoms with Gasteiger partial charge in [-0.15, -0.1) is 12.3 Å². The normalized spacial score (nSPS) is 28.8. The van der Waals surface area contributed by atoms with Gasteiger partial charge in [-0.25, -0.2) is 0 Å². The van der Waals surface area contributed by atoms with Crippen LogP contribution < -0.4 is 5.32 Å². The van der Waals surface area contributed by atoms with Gasteiger partial charge in [-0.2, -0.15) is 0 Å². The van der Waals surface area contributed by atoms with Crippen LogP contribution in [0.4, 0.5) is 0 Å². The Balaban J connectivity index is 2.79. The Morgan fingerprint density at radius 1 is 1.47 bits per heavy atom. The standard InChI is InChI=1S/C17H31NO/c1-5-8-11-16(18-13-6-2)17(19-7-3)12-9-10-15(4)14-17/h1,15-16,18H,6-14H2,2-4H3. The lowest BCUT2D eigenvalue weighted by Gasteiger charge is -2.45. The smallest absolute Gasteiger partial charge is 0.0837 e. The first-order valence-corrected chi connectivity index (χ1v) is 7.99. The second-order valence-corrected chi connectivity index (χ2v) is 5.95. The minimum atomic E-state index is 0.0123. The summed E-state index contributed by atoms with van der Waals surface area (Å²) in [6.07, 6.45) is 13.5. The summed E-state index contributed by atoms with van der Waals surface area (Å²) in [6, 6.07) is 0.409. The maximum Gasteiger partial charge on any atom is 0.0837 e. The topological polar surface area (TPSA) is 21.3 Å². The first kappa shape index (κ1) is 16.5. The van der Waals surface area contributed by atoms with Crippen LogP contribution in [0.3, 0.4) is 0 Å². The predicted molar refractivity (Wildman–Crippen MR) is 82.1 cm³/mol. The molecule has 1 aliphatic carbocycles. The number of ether oxygens (including phenoxy) is 1. The fourth-order valence-electron chi connectivity index (χ4n) is 3.48. The highest BCUT2D eigenvalue weighted by molar-refractivity contribution is 4.99. The van der Waals surface area contributed by atoms with Crippen LogP contribution >= 0.6 is 0 Å². The maximum atomic E-state index is 6.27. The van der Waals surface area contributed by atoms with Crippen molar-refractivity contribution in [3.8, 4) is 12.3 Å². The van der Waals surface area contributed by atoms with E-state index in [0.717, 1.165) is 38.3 Å². The van der Waals surface area contributed by atoms with Crippen molar-refractivity contribution in [1.29, 1.82) is 0 Å². The van der Waals surface area contributed by atoms with Crippen molar-refractivity contribution in [2.45, 2.75) is 77.4 Å². The number of terminal acetylenes is 1. The van der Waals surface area contributed by atoms with Gasteiger partial charge in [0.1, 0.15) is 0 Å².